The summed E-state index contributed by atoms with van der Waals surface area (Å²) in [4.78, 5) is 48.5. The highest BCUT2D eigenvalue weighted by Gasteiger charge is 2.38. The van der Waals surface area contributed by atoms with E-state index in [2.05, 4.69) is 4.98 Å². The number of aromatic nitrogens is 1. The Balaban J connectivity index is 1.65. The van der Waals surface area contributed by atoms with Crippen LogP contribution in [0.2, 0.25) is 0 Å². The zero-order valence-electron chi connectivity index (χ0n) is 25.0. The number of urea groups is 1. The van der Waals surface area contributed by atoms with Crippen LogP contribution in [0.4, 0.5) is 14.9 Å². The van der Waals surface area contributed by atoms with Gasteiger partial charge in [-0.05, 0) is 60.5 Å². The average molecular weight is 583 g/mol. The van der Waals surface area contributed by atoms with E-state index < -0.39 is 17.2 Å². The lowest BCUT2D eigenvalue weighted by Crippen LogP contribution is -2.39. The molecule has 0 aliphatic carbocycles. The van der Waals surface area contributed by atoms with E-state index >= 15 is 0 Å². The molecule has 0 unspecified atom stereocenters. The molecule has 1 aliphatic rings. The van der Waals surface area contributed by atoms with E-state index in [1.165, 1.54) is 40.3 Å². The van der Waals surface area contributed by atoms with Crippen molar-refractivity contribution in [1.29, 1.82) is 0 Å². The number of hydrogen-bond acceptors (Lipinski definition) is 4. The summed E-state index contributed by atoms with van der Waals surface area (Å²) in [6, 6.07) is 20.7. The molecule has 3 aromatic carbocycles. The van der Waals surface area contributed by atoms with Gasteiger partial charge in [0.25, 0.3) is 5.91 Å². The van der Waals surface area contributed by atoms with E-state index in [-0.39, 0.29) is 30.7 Å². The van der Waals surface area contributed by atoms with Gasteiger partial charge in [0.1, 0.15) is 5.82 Å². The first kappa shape index (κ1) is 29.6. The molecule has 0 fully saturated rings. The van der Waals surface area contributed by atoms with Crippen LogP contribution < -0.4 is 4.90 Å². The normalized spacial score (nSPS) is 14.0. The summed E-state index contributed by atoms with van der Waals surface area (Å²) in [5, 5.41) is 0.827. The minimum atomic E-state index is -0.650. The molecule has 2 heterocycles. The minimum Gasteiger partial charge on any atom is -0.462 e. The standard InChI is InChI=1S/C34H35FN4O4/c1-6-43-32(41)27-20-38(31(40)23-12-14-24(35)15-13-23)21-34(2,3)29-26-18-25(16-17-28(26)36-30(27)29)39(33(42)37(4)5)19-22-10-8-7-9-11-22/h7-18,20,36H,6,19,21H2,1-5H3. The Morgan fingerprint density at radius 3 is 2.35 bits per heavy atom. The van der Waals surface area contributed by atoms with Gasteiger partial charge in [-0.15, -0.1) is 0 Å². The number of aromatic amines is 1. The predicted octanol–water partition coefficient (Wildman–Crippen LogP) is 6.33. The molecule has 3 amide bonds. The van der Waals surface area contributed by atoms with Crippen LogP contribution in [0.5, 0.6) is 0 Å². The number of esters is 1. The topological polar surface area (TPSA) is 86.0 Å². The smallest absolute Gasteiger partial charge is 0.341 e. The van der Waals surface area contributed by atoms with E-state index in [0.717, 1.165) is 22.0 Å². The monoisotopic (exact) mass is 582 g/mol. The van der Waals surface area contributed by atoms with E-state index in [1.54, 1.807) is 25.9 Å². The fraction of sp³-hybridized carbons (Fsp3) is 0.265. The lowest BCUT2D eigenvalue weighted by atomic mass is 9.81. The SMILES string of the molecule is CCOC(=O)C1=CN(C(=O)c2ccc(F)cc2)CC(C)(C)c2c1[nH]c1ccc(N(Cc3ccccc3)C(=O)N(C)C)cc21. The number of amides is 3. The Morgan fingerprint density at radius 2 is 1.70 bits per heavy atom. The van der Waals surface area contributed by atoms with E-state index in [1.807, 2.05) is 62.4 Å². The summed E-state index contributed by atoms with van der Waals surface area (Å²) in [5.74, 6) is -1.38. The molecule has 4 aromatic rings. The highest BCUT2D eigenvalue weighted by molar-refractivity contribution is 6.18. The van der Waals surface area contributed by atoms with Crippen LogP contribution in [0.1, 0.15) is 48.0 Å². The molecule has 1 N–H and O–H groups in total. The van der Waals surface area contributed by atoms with Crippen molar-refractivity contribution in [3.63, 3.8) is 0 Å². The molecule has 43 heavy (non-hydrogen) atoms. The van der Waals surface area contributed by atoms with Gasteiger partial charge in [-0.1, -0.05) is 44.2 Å². The van der Waals surface area contributed by atoms with Gasteiger partial charge in [0.15, 0.2) is 0 Å². The Hall–Kier alpha value is -4.92. The van der Waals surface area contributed by atoms with Crippen molar-refractivity contribution >= 4 is 40.1 Å². The second-order valence-electron chi connectivity index (χ2n) is 11.4. The zero-order valence-corrected chi connectivity index (χ0v) is 25.0. The van der Waals surface area contributed by atoms with Gasteiger partial charge in [0.2, 0.25) is 0 Å². The fourth-order valence-electron chi connectivity index (χ4n) is 5.55. The Morgan fingerprint density at radius 1 is 1.00 bits per heavy atom. The fourth-order valence-corrected chi connectivity index (χ4v) is 5.55. The van der Waals surface area contributed by atoms with Crippen LogP contribution >= 0.6 is 0 Å². The summed E-state index contributed by atoms with van der Waals surface area (Å²) in [6.07, 6.45) is 1.52. The molecule has 0 saturated heterocycles. The highest BCUT2D eigenvalue weighted by Crippen LogP contribution is 2.42. The zero-order chi connectivity index (χ0) is 30.9. The number of fused-ring (bicyclic) bond motifs is 3. The maximum Gasteiger partial charge on any atom is 0.341 e. The van der Waals surface area contributed by atoms with Crippen LogP contribution in [0.3, 0.4) is 0 Å². The molecule has 0 radical (unpaired) electrons. The highest BCUT2D eigenvalue weighted by atomic mass is 19.1. The first-order valence-electron chi connectivity index (χ1n) is 14.1. The van der Waals surface area contributed by atoms with Crippen molar-refractivity contribution < 1.29 is 23.5 Å². The van der Waals surface area contributed by atoms with Crippen LogP contribution in [0, 0.1) is 5.82 Å². The van der Waals surface area contributed by atoms with Crippen molar-refractivity contribution in [2.75, 3.05) is 32.1 Å². The number of ether oxygens (including phenoxy) is 1. The number of nitrogens with one attached hydrogen (secondary N) is 1. The molecule has 222 valence electrons. The van der Waals surface area contributed by atoms with E-state index in [4.69, 9.17) is 4.74 Å². The number of hydrogen-bond donors (Lipinski definition) is 1. The third-order valence-corrected chi connectivity index (χ3v) is 7.53. The van der Waals surface area contributed by atoms with Crippen LogP contribution in [0.15, 0.2) is 79.0 Å². The van der Waals surface area contributed by atoms with Gasteiger partial charge < -0.3 is 19.5 Å². The number of anilines is 1. The molecule has 1 aliphatic heterocycles. The lowest BCUT2D eigenvalue weighted by molar-refractivity contribution is -0.136. The Labute approximate surface area is 250 Å². The van der Waals surface area contributed by atoms with Gasteiger partial charge in [0, 0.05) is 54.4 Å². The number of nitrogens with zero attached hydrogens (tertiary/aromatic N) is 3. The molecule has 0 saturated carbocycles. The minimum absolute atomic E-state index is 0.159. The van der Waals surface area contributed by atoms with Crippen molar-refractivity contribution in [1.82, 2.24) is 14.8 Å². The number of benzene rings is 3. The van der Waals surface area contributed by atoms with Crippen LogP contribution in [0.25, 0.3) is 16.5 Å². The molecule has 9 heteroatoms. The quantitative estimate of drug-likeness (QED) is 0.269. The Kier molecular flexibility index (Phi) is 8.08. The van der Waals surface area contributed by atoms with Crippen molar-refractivity contribution in [3.05, 3.63) is 107 Å². The van der Waals surface area contributed by atoms with Crippen molar-refractivity contribution in [2.45, 2.75) is 32.7 Å². The van der Waals surface area contributed by atoms with Gasteiger partial charge in [-0.3, -0.25) is 9.69 Å². The Bertz CT molecular complexity index is 1710. The number of carbonyl (C=O) groups is 3. The summed E-state index contributed by atoms with van der Waals surface area (Å²) in [6.45, 7) is 6.50. The van der Waals surface area contributed by atoms with Crippen LogP contribution in [-0.4, -0.2) is 59.9 Å². The average Bonchev–Trinajstić information content (AvgIpc) is 3.32. The maximum absolute atomic E-state index is 13.6. The van der Waals surface area contributed by atoms with Gasteiger partial charge in [0.05, 0.1) is 24.4 Å². The first-order chi connectivity index (χ1) is 20.5. The summed E-state index contributed by atoms with van der Waals surface area (Å²) >= 11 is 0. The van der Waals surface area contributed by atoms with Gasteiger partial charge >= 0.3 is 12.0 Å². The lowest BCUT2D eigenvalue weighted by Gasteiger charge is -2.30. The number of H-pyrrole nitrogens is 1. The van der Waals surface area contributed by atoms with E-state index in [9.17, 15) is 18.8 Å². The van der Waals surface area contributed by atoms with Gasteiger partial charge in [-0.2, -0.15) is 0 Å². The maximum atomic E-state index is 13.6. The molecule has 1 aromatic heterocycles. The van der Waals surface area contributed by atoms with Crippen molar-refractivity contribution in [2.24, 2.45) is 0 Å². The summed E-state index contributed by atoms with van der Waals surface area (Å²) in [7, 11) is 3.43. The molecular weight excluding hydrogens is 547 g/mol. The van der Waals surface area contributed by atoms with Crippen LogP contribution in [-0.2, 0) is 21.5 Å². The van der Waals surface area contributed by atoms with Crippen molar-refractivity contribution in [3.8, 4) is 0 Å². The second-order valence-corrected chi connectivity index (χ2v) is 11.4. The van der Waals surface area contributed by atoms with Gasteiger partial charge in [-0.25, -0.2) is 14.0 Å². The number of rotatable bonds is 6. The number of carbonyl (C=O) groups excluding carboxylic acids is 3. The second kappa shape index (κ2) is 11.8. The molecule has 0 bridgehead atoms. The molecular formula is C34H35FN4O4. The molecule has 5 rings (SSSR count). The molecule has 0 spiro atoms. The first-order valence-corrected chi connectivity index (χ1v) is 14.1. The third-order valence-electron chi connectivity index (χ3n) is 7.53. The third kappa shape index (κ3) is 5.88. The molecule has 0 atom stereocenters. The molecule has 8 nitrogen and oxygen atoms in total. The number of halogens is 1. The van der Waals surface area contributed by atoms with E-state index in [0.29, 0.717) is 23.5 Å². The summed E-state index contributed by atoms with van der Waals surface area (Å²) in [5.41, 5.74) is 3.70. The summed E-state index contributed by atoms with van der Waals surface area (Å²) < 4.78 is 19.0. The largest absolute Gasteiger partial charge is 0.462 e. The predicted molar refractivity (Wildman–Crippen MR) is 165 cm³/mol.